The molecule has 0 bridgehead atoms. The van der Waals surface area contributed by atoms with Crippen LogP contribution in [-0.4, -0.2) is 12.5 Å². The van der Waals surface area contributed by atoms with E-state index in [-0.39, 0.29) is 11.9 Å². The van der Waals surface area contributed by atoms with Gasteiger partial charge >= 0.3 is 0 Å². The fourth-order valence-electron chi connectivity index (χ4n) is 2.36. The highest BCUT2D eigenvalue weighted by Gasteiger charge is 2.27. The molecule has 0 saturated heterocycles. The van der Waals surface area contributed by atoms with Crippen molar-refractivity contribution in [2.45, 2.75) is 12.1 Å². The first-order chi connectivity index (χ1) is 9.75. The Morgan fingerprint density at radius 2 is 1.85 bits per heavy atom. The van der Waals surface area contributed by atoms with Crippen molar-refractivity contribution in [3.8, 4) is 5.75 Å². The summed E-state index contributed by atoms with van der Waals surface area (Å²) in [6, 6.07) is 16.3. The van der Waals surface area contributed by atoms with Crippen LogP contribution in [0.2, 0.25) is 0 Å². The normalized spacial score (nSPS) is 17.9. The maximum Gasteiger partial charge on any atom is 0.242 e. The fraction of sp³-hybridized carbons (Fsp3) is 0.188. The number of para-hydroxylation sites is 1. The van der Waals surface area contributed by atoms with E-state index in [1.54, 1.807) is 0 Å². The predicted octanol–water partition coefficient (Wildman–Crippen LogP) is 1.94. The average Bonchev–Trinajstić information content (AvgIpc) is 2.91. The first-order valence-corrected chi connectivity index (χ1v) is 6.58. The van der Waals surface area contributed by atoms with Gasteiger partial charge < -0.3 is 15.8 Å². The number of benzene rings is 2. The van der Waals surface area contributed by atoms with Gasteiger partial charge in [0, 0.05) is 5.56 Å². The van der Waals surface area contributed by atoms with Crippen molar-refractivity contribution < 1.29 is 9.53 Å². The number of rotatable bonds is 3. The number of fused-ring (bicyclic) bond motifs is 1. The van der Waals surface area contributed by atoms with Crippen LogP contribution in [0.5, 0.6) is 5.75 Å². The number of hydrogen-bond acceptors (Lipinski definition) is 3. The van der Waals surface area contributed by atoms with Crippen molar-refractivity contribution >= 4 is 5.91 Å². The molecule has 4 heteroatoms. The maximum atomic E-state index is 12.2. The minimum absolute atomic E-state index is 0.131. The van der Waals surface area contributed by atoms with Crippen LogP contribution in [0.4, 0.5) is 0 Å². The van der Waals surface area contributed by atoms with Crippen molar-refractivity contribution in [2.24, 2.45) is 5.73 Å². The highest BCUT2D eigenvalue weighted by molar-refractivity contribution is 5.83. The van der Waals surface area contributed by atoms with E-state index in [1.165, 1.54) is 0 Å². The van der Waals surface area contributed by atoms with Crippen molar-refractivity contribution in [3.63, 3.8) is 0 Å². The molecule has 1 aliphatic heterocycles. The Labute approximate surface area is 117 Å². The molecule has 1 unspecified atom stereocenters. The van der Waals surface area contributed by atoms with Gasteiger partial charge in [-0.05, 0) is 11.6 Å². The summed E-state index contributed by atoms with van der Waals surface area (Å²) in [5.41, 5.74) is 7.79. The second-order valence-electron chi connectivity index (χ2n) is 4.80. The summed E-state index contributed by atoms with van der Waals surface area (Å²) < 4.78 is 5.54. The molecule has 102 valence electrons. The smallest absolute Gasteiger partial charge is 0.242 e. The Kier molecular flexibility index (Phi) is 3.39. The van der Waals surface area contributed by atoms with Gasteiger partial charge in [-0.1, -0.05) is 48.5 Å². The van der Waals surface area contributed by atoms with E-state index in [4.69, 9.17) is 10.5 Å². The SMILES string of the molecule is N[C@H](C(=O)NC1COc2ccccc21)c1ccccc1. The first-order valence-electron chi connectivity index (χ1n) is 6.58. The van der Waals surface area contributed by atoms with Crippen molar-refractivity contribution in [2.75, 3.05) is 6.61 Å². The lowest BCUT2D eigenvalue weighted by atomic mass is 10.1. The van der Waals surface area contributed by atoms with Crippen LogP contribution in [-0.2, 0) is 4.79 Å². The van der Waals surface area contributed by atoms with E-state index in [1.807, 2.05) is 54.6 Å². The maximum absolute atomic E-state index is 12.2. The highest BCUT2D eigenvalue weighted by Crippen LogP contribution is 2.31. The summed E-state index contributed by atoms with van der Waals surface area (Å²) in [4.78, 5) is 12.2. The van der Waals surface area contributed by atoms with E-state index in [2.05, 4.69) is 5.32 Å². The molecule has 0 radical (unpaired) electrons. The van der Waals surface area contributed by atoms with Crippen LogP contribution in [0.3, 0.4) is 0 Å². The summed E-state index contributed by atoms with van der Waals surface area (Å²) in [6.07, 6.45) is 0. The van der Waals surface area contributed by atoms with Crippen molar-refractivity contribution in [1.29, 1.82) is 0 Å². The molecular formula is C16H16N2O2. The van der Waals surface area contributed by atoms with Gasteiger partial charge in [-0.25, -0.2) is 0 Å². The highest BCUT2D eigenvalue weighted by atomic mass is 16.5. The summed E-state index contributed by atoms with van der Waals surface area (Å²) in [5, 5.41) is 2.94. The van der Waals surface area contributed by atoms with Crippen LogP contribution < -0.4 is 15.8 Å². The van der Waals surface area contributed by atoms with Crippen LogP contribution in [0, 0.1) is 0 Å². The molecule has 3 rings (SSSR count). The van der Waals surface area contributed by atoms with E-state index >= 15 is 0 Å². The summed E-state index contributed by atoms with van der Waals surface area (Å²) in [6.45, 7) is 0.451. The van der Waals surface area contributed by atoms with Crippen LogP contribution >= 0.6 is 0 Å². The quantitative estimate of drug-likeness (QED) is 0.894. The molecule has 20 heavy (non-hydrogen) atoms. The second kappa shape index (κ2) is 5.35. The van der Waals surface area contributed by atoms with E-state index in [9.17, 15) is 4.79 Å². The van der Waals surface area contributed by atoms with Gasteiger partial charge in [0.1, 0.15) is 18.4 Å². The Bertz CT molecular complexity index is 613. The third kappa shape index (κ3) is 2.38. The van der Waals surface area contributed by atoms with Gasteiger partial charge in [-0.2, -0.15) is 0 Å². The van der Waals surface area contributed by atoms with Gasteiger partial charge in [0.15, 0.2) is 0 Å². The van der Waals surface area contributed by atoms with Crippen LogP contribution in [0.25, 0.3) is 0 Å². The number of hydrogen-bond donors (Lipinski definition) is 2. The molecule has 1 aliphatic rings. The molecule has 2 aromatic rings. The number of nitrogens with two attached hydrogens (primary N) is 1. The molecule has 0 fully saturated rings. The fourth-order valence-corrected chi connectivity index (χ4v) is 2.36. The molecule has 2 atom stereocenters. The molecule has 0 aliphatic carbocycles. The monoisotopic (exact) mass is 268 g/mol. The van der Waals surface area contributed by atoms with Gasteiger partial charge in [-0.15, -0.1) is 0 Å². The molecule has 2 aromatic carbocycles. The third-order valence-corrected chi connectivity index (χ3v) is 3.46. The Morgan fingerprint density at radius 1 is 1.15 bits per heavy atom. The van der Waals surface area contributed by atoms with Gasteiger partial charge in [0.2, 0.25) is 5.91 Å². The molecular weight excluding hydrogens is 252 g/mol. The van der Waals surface area contributed by atoms with E-state index < -0.39 is 6.04 Å². The minimum Gasteiger partial charge on any atom is -0.491 e. The molecule has 0 aromatic heterocycles. The number of carbonyl (C=O) groups is 1. The van der Waals surface area contributed by atoms with Crippen LogP contribution in [0.15, 0.2) is 54.6 Å². The zero-order chi connectivity index (χ0) is 13.9. The van der Waals surface area contributed by atoms with Gasteiger partial charge in [0.05, 0.1) is 6.04 Å². The molecule has 1 amide bonds. The number of amides is 1. The standard InChI is InChI=1S/C16H16N2O2/c17-15(11-6-2-1-3-7-11)16(19)18-13-10-20-14-9-5-4-8-12(13)14/h1-9,13,15H,10,17H2,(H,18,19)/t13?,15-/m0/s1. The lowest BCUT2D eigenvalue weighted by Crippen LogP contribution is -2.37. The Morgan fingerprint density at radius 3 is 2.65 bits per heavy atom. The predicted molar refractivity (Wildman–Crippen MR) is 76.2 cm³/mol. The molecule has 4 nitrogen and oxygen atoms in total. The van der Waals surface area contributed by atoms with Crippen molar-refractivity contribution in [1.82, 2.24) is 5.32 Å². The lowest BCUT2D eigenvalue weighted by molar-refractivity contribution is -0.123. The molecule has 0 spiro atoms. The average molecular weight is 268 g/mol. The summed E-state index contributed by atoms with van der Waals surface area (Å²) in [7, 11) is 0. The zero-order valence-electron chi connectivity index (χ0n) is 11.0. The number of carbonyl (C=O) groups excluding carboxylic acids is 1. The number of nitrogens with one attached hydrogen (secondary N) is 1. The molecule has 0 saturated carbocycles. The molecule has 1 heterocycles. The summed E-state index contributed by atoms with van der Waals surface area (Å²) in [5.74, 6) is 0.632. The first kappa shape index (κ1) is 12.7. The van der Waals surface area contributed by atoms with Gasteiger partial charge in [-0.3, -0.25) is 4.79 Å². The topological polar surface area (TPSA) is 64.4 Å². The number of ether oxygens (including phenoxy) is 1. The largest absolute Gasteiger partial charge is 0.491 e. The summed E-state index contributed by atoms with van der Waals surface area (Å²) >= 11 is 0. The van der Waals surface area contributed by atoms with Crippen LogP contribution in [0.1, 0.15) is 23.2 Å². The second-order valence-corrected chi connectivity index (χ2v) is 4.80. The molecule has 3 N–H and O–H groups in total. The minimum atomic E-state index is -0.663. The van der Waals surface area contributed by atoms with E-state index in [0.29, 0.717) is 6.61 Å². The lowest BCUT2D eigenvalue weighted by Gasteiger charge is -2.16. The Balaban J connectivity index is 1.72. The van der Waals surface area contributed by atoms with Gasteiger partial charge in [0.25, 0.3) is 0 Å². The third-order valence-electron chi connectivity index (χ3n) is 3.46. The van der Waals surface area contributed by atoms with Crippen molar-refractivity contribution in [3.05, 3.63) is 65.7 Å². The zero-order valence-corrected chi connectivity index (χ0v) is 11.0. The Hall–Kier alpha value is -2.33. The van der Waals surface area contributed by atoms with E-state index in [0.717, 1.165) is 16.9 Å².